The van der Waals surface area contributed by atoms with Crippen LogP contribution >= 0.6 is 34.0 Å². The first-order chi connectivity index (χ1) is 23.3. The van der Waals surface area contributed by atoms with Gasteiger partial charge in [-0.1, -0.05) is 84.9 Å². The van der Waals surface area contributed by atoms with Gasteiger partial charge in [0.1, 0.15) is 10.0 Å². The molecular formula is C40H24N4S3. The van der Waals surface area contributed by atoms with Crippen LogP contribution in [0, 0.1) is 0 Å². The first-order valence-corrected chi connectivity index (χ1v) is 17.7. The molecule has 0 atom stereocenters. The number of nitrogens with zero attached hydrogens (tertiary/aromatic N) is 4. The standard InChI is InChI=1S/C40H24N4S3/c1-3-11-25(12-4-1)35-36(26-13-5-2-6-14-26)38(28-20-22-32(42-24-28)40-44-30-16-8-10-18-34(30)46-40)47-37(35)27-19-21-31(41-23-27)39-43-29-15-7-9-17-33(29)45-39/h1-24H. The third kappa shape index (κ3) is 5.15. The van der Waals surface area contributed by atoms with Gasteiger partial charge >= 0.3 is 0 Å². The summed E-state index contributed by atoms with van der Waals surface area (Å²) in [6, 6.07) is 46.3. The number of hydrogen-bond donors (Lipinski definition) is 0. The van der Waals surface area contributed by atoms with E-state index in [1.54, 1.807) is 34.0 Å². The number of thiophene rings is 1. The first-order valence-electron chi connectivity index (χ1n) is 15.2. The summed E-state index contributed by atoms with van der Waals surface area (Å²) < 4.78 is 2.33. The second kappa shape index (κ2) is 11.8. The molecular weight excluding hydrogens is 633 g/mol. The van der Waals surface area contributed by atoms with Crippen molar-refractivity contribution in [3.8, 4) is 64.5 Å². The quantitative estimate of drug-likeness (QED) is 0.179. The summed E-state index contributed by atoms with van der Waals surface area (Å²) in [5, 5.41) is 1.86. The third-order valence-corrected chi connectivity index (χ3v) is 11.5. The van der Waals surface area contributed by atoms with E-state index >= 15 is 0 Å². The van der Waals surface area contributed by atoms with Crippen molar-refractivity contribution in [2.24, 2.45) is 0 Å². The van der Waals surface area contributed by atoms with Gasteiger partial charge in [-0.05, 0) is 59.7 Å². The van der Waals surface area contributed by atoms with Gasteiger partial charge < -0.3 is 0 Å². The van der Waals surface area contributed by atoms with Gasteiger partial charge in [0.05, 0.1) is 31.8 Å². The van der Waals surface area contributed by atoms with Crippen LogP contribution in [-0.2, 0) is 0 Å². The second-order valence-electron chi connectivity index (χ2n) is 11.1. The number of thiazole rings is 2. The Morgan fingerprint density at radius 3 is 1.19 bits per heavy atom. The molecule has 0 radical (unpaired) electrons. The molecule has 4 nitrogen and oxygen atoms in total. The maximum atomic E-state index is 4.94. The zero-order chi connectivity index (χ0) is 31.2. The maximum absolute atomic E-state index is 4.94. The fraction of sp³-hybridized carbons (Fsp3) is 0. The molecule has 0 saturated heterocycles. The minimum atomic E-state index is 0.880. The zero-order valence-electron chi connectivity index (χ0n) is 24.9. The van der Waals surface area contributed by atoms with Crippen LogP contribution in [0.5, 0.6) is 0 Å². The molecule has 0 aliphatic carbocycles. The number of rotatable bonds is 6. The summed E-state index contributed by atoms with van der Waals surface area (Å²) in [5.74, 6) is 0. The smallest absolute Gasteiger partial charge is 0.143 e. The van der Waals surface area contributed by atoms with Crippen molar-refractivity contribution in [2.45, 2.75) is 0 Å². The van der Waals surface area contributed by atoms with Gasteiger partial charge in [-0.25, -0.2) is 9.97 Å². The van der Waals surface area contributed by atoms with Crippen LogP contribution in [-0.4, -0.2) is 19.9 Å². The predicted octanol–water partition coefficient (Wildman–Crippen LogP) is 11.8. The normalized spacial score (nSPS) is 11.4. The molecule has 222 valence electrons. The van der Waals surface area contributed by atoms with Crippen molar-refractivity contribution in [3.05, 3.63) is 146 Å². The molecule has 9 aromatic rings. The molecule has 4 aromatic carbocycles. The van der Waals surface area contributed by atoms with E-state index in [0.717, 1.165) is 64.1 Å². The van der Waals surface area contributed by atoms with Crippen LogP contribution in [0.1, 0.15) is 0 Å². The van der Waals surface area contributed by atoms with E-state index in [9.17, 15) is 0 Å². The molecule has 0 saturated carbocycles. The van der Waals surface area contributed by atoms with E-state index in [-0.39, 0.29) is 0 Å². The molecule has 0 amide bonds. The number of hydrogen-bond acceptors (Lipinski definition) is 7. The Balaban J connectivity index is 1.19. The van der Waals surface area contributed by atoms with Crippen LogP contribution < -0.4 is 0 Å². The summed E-state index contributed by atoms with van der Waals surface area (Å²) in [4.78, 5) is 21.9. The largest absolute Gasteiger partial charge is 0.253 e. The zero-order valence-corrected chi connectivity index (χ0v) is 27.3. The molecule has 5 heterocycles. The molecule has 0 aliphatic heterocycles. The first kappa shape index (κ1) is 27.9. The highest BCUT2D eigenvalue weighted by atomic mass is 32.1. The molecule has 9 rings (SSSR count). The van der Waals surface area contributed by atoms with Crippen molar-refractivity contribution >= 4 is 54.4 Å². The lowest BCUT2D eigenvalue weighted by Crippen LogP contribution is -1.88. The van der Waals surface area contributed by atoms with Crippen molar-refractivity contribution in [3.63, 3.8) is 0 Å². The highest BCUT2D eigenvalue weighted by molar-refractivity contribution is 7.22. The molecule has 0 fully saturated rings. The van der Waals surface area contributed by atoms with Crippen molar-refractivity contribution in [1.29, 1.82) is 0 Å². The number of fused-ring (bicyclic) bond motifs is 2. The third-order valence-electron chi connectivity index (χ3n) is 8.11. The Bertz CT molecular complexity index is 2250. The predicted molar refractivity (Wildman–Crippen MR) is 199 cm³/mol. The van der Waals surface area contributed by atoms with Gasteiger partial charge in [0.2, 0.25) is 0 Å². The molecule has 0 N–H and O–H groups in total. The average molecular weight is 657 g/mol. The topological polar surface area (TPSA) is 51.6 Å². The van der Waals surface area contributed by atoms with E-state index < -0.39 is 0 Å². The Morgan fingerprint density at radius 1 is 0.362 bits per heavy atom. The Morgan fingerprint density at radius 2 is 0.787 bits per heavy atom. The molecule has 7 heteroatoms. The minimum Gasteiger partial charge on any atom is -0.253 e. The minimum absolute atomic E-state index is 0.880. The van der Waals surface area contributed by atoms with E-state index in [4.69, 9.17) is 19.9 Å². The van der Waals surface area contributed by atoms with E-state index in [1.165, 1.54) is 20.9 Å². The molecule has 47 heavy (non-hydrogen) atoms. The van der Waals surface area contributed by atoms with E-state index in [0.29, 0.717) is 0 Å². The van der Waals surface area contributed by atoms with Gasteiger partial charge in [-0.2, -0.15) is 0 Å². The Hall–Kier alpha value is -5.34. The van der Waals surface area contributed by atoms with Crippen LogP contribution in [0.3, 0.4) is 0 Å². The summed E-state index contributed by atoms with van der Waals surface area (Å²) in [6.45, 7) is 0. The number of aromatic nitrogens is 4. The van der Waals surface area contributed by atoms with Crippen molar-refractivity contribution < 1.29 is 0 Å². The molecule has 0 unspecified atom stereocenters. The lowest BCUT2D eigenvalue weighted by atomic mass is 9.92. The van der Waals surface area contributed by atoms with Gasteiger partial charge in [-0.15, -0.1) is 34.0 Å². The maximum Gasteiger partial charge on any atom is 0.143 e. The highest BCUT2D eigenvalue weighted by Crippen LogP contribution is 2.52. The monoisotopic (exact) mass is 656 g/mol. The highest BCUT2D eigenvalue weighted by Gasteiger charge is 2.24. The van der Waals surface area contributed by atoms with E-state index in [2.05, 4.69) is 121 Å². The van der Waals surface area contributed by atoms with Crippen molar-refractivity contribution in [1.82, 2.24) is 19.9 Å². The summed E-state index contributed by atoms with van der Waals surface area (Å²) >= 11 is 5.13. The Labute approximate surface area is 283 Å². The van der Waals surface area contributed by atoms with Gasteiger partial charge in [0, 0.05) is 44.4 Å². The van der Waals surface area contributed by atoms with Crippen LogP contribution in [0.4, 0.5) is 0 Å². The fourth-order valence-corrected chi connectivity index (χ4v) is 9.08. The average Bonchev–Trinajstić information content (AvgIpc) is 3.88. The molecule has 5 aromatic heterocycles. The SMILES string of the molecule is c1ccc(-c2c(-c3ccc(-c4nc5ccccc5s4)nc3)sc(-c3ccc(-c4nc5ccccc5s4)nc3)c2-c2ccccc2)cc1. The van der Waals surface area contributed by atoms with Gasteiger partial charge in [0.15, 0.2) is 0 Å². The summed E-state index contributed by atoms with van der Waals surface area (Å²) in [6.07, 6.45) is 3.99. The van der Waals surface area contributed by atoms with Gasteiger partial charge in [-0.3, -0.25) is 9.97 Å². The lowest BCUT2D eigenvalue weighted by Gasteiger charge is -2.11. The lowest BCUT2D eigenvalue weighted by molar-refractivity contribution is 1.31. The molecule has 0 aliphatic rings. The molecule has 0 bridgehead atoms. The number of benzene rings is 4. The van der Waals surface area contributed by atoms with Crippen LogP contribution in [0.15, 0.2) is 146 Å². The summed E-state index contributed by atoms with van der Waals surface area (Å²) in [7, 11) is 0. The van der Waals surface area contributed by atoms with Crippen molar-refractivity contribution in [2.75, 3.05) is 0 Å². The Kier molecular flexibility index (Phi) is 7.00. The van der Waals surface area contributed by atoms with E-state index in [1.807, 2.05) is 24.5 Å². The number of pyridine rings is 2. The summed E-state index contributed by atoms with van der Waals surface area (Å²) in [5.41, 5.74) is 10.6. The second-order valence-corrected chi connectivity index (χ2v) is 14.2. The number of para-hydroxylation sites is 2. The fourth-order valence-electron chi connectivity index (χ4n) is 5.87. The van der Waals surface area contributed by atoms with Crippen LogP contribution in [0.2, 0.25) is 0 Å². The molecule has 0 spiro atoms. The van der Waals surface area contributed by atoms with Gasteiger partial charge in [0.25, 0.3) is 0 Å². The van der Waals surface area contributed by atoms with Crippen LogP contribution in [0.25, 0.3) is 85.0 Å².